The van der Waals surface area contributed by atoms with Crippen LogP contribution in [0.15, 0.2) is 47.7 Å². The number of ether oxygens (including phenoxy) is 4. The average Bonchev–Trinajstić information content (AvgIpc) is 3.53. The lowest BCUT2D eigenvalue weighted by atomic mass is 9.96. The van der Waals surface area contributed by atoms with Crippen molar-refractivity contribution in [2.75, 3.05) is 45.6 Å². The Kier molecular flexibility index (Phi) is 11.9. The summed E-state index contributed by atoms with van der Waals surface area (Å²) in [5, 5.41) is 5.74. The fraction of sp³-hybridized carbons (Fsp3) is 0.486. The number of rotatable bonds is 11. The van der Waals surface area contributed by atoms with Gasteiger partial charge < -0.3 is 39.5 Å². The van der Waals surface area contributed by atoms with E-state index in [1.165, 1.54) is 56.5 Å². The SMILES string of the molecule is CNC(=O)n1cnc2c(N(C)Cc3ccc(OC)cc3OC)cc(Nc3cc(COC4CCC4)c[nH]c3=O)nc21.COC1CCCCC1. The Labute approximate surface area is 281 Å². The fourth-order valence-corrected chi connectivity index (χ4v) is 5.82. The molecule has 1 amide bonds. The normalized spacial score (nSPS) is 14.9. The molecule has 258 valence electrons. The molecule has 48 heavy (non-hydrogen) atoms. The summed E-state index contributed by atoms with van der Waals surface area (Å²) in [4.78, 5) is 39.2. The summed E-state index contributed by atoms with van der Waals surface area (Å²) in [6.07, 6.45) is 14.0. The molecule has 13 nitrogen and oxygen atoms in total. The maximum absolute atomic E-state index is 12.7. The first-order valence-corrected chi connectivity index (χ1v) is 16.5. The van der Waals surface area contributed by atoms with Crippen molar-refractivity contribution in [2.45, 2.75) is 76.7 Å². The molecule has 2 aliphatic carbocycles. The van der Waals surface area contributed by atoms with Crippen molar-refractivity contribution in [3.63, 3.8) is 0 Å². The van der Waals surface area contributed by atoms with Crippen LogP contribution in [0.1, 0.15) is 62.5 Å². The number of amides is 1. The highest BCUT2D eigenvalue weighted by Gasteiger charge is 2.20. The summed E-state index contributed by atoms with van der Waals surface area (Å²) in [6.45, 7) is 0.872. The quantitative estimate of drug-likeness (QED) is 0.182. The molecule has 13 heteroatoms. The second-order valence-corrected chi connectivity index (χ2v) is 12.1. The van der Waals surface area contributed by atoms with Crippen molar-refractivity contribution in [3.8, 4) is 11.5 Å². The zero-order valence-electron chi connectivity index (χ0n) is 28.5. The molecule has 0 bridgehead atoms. The molecule has 4 aromatic rings. The van der Waals surface area contributed by atoms with Crippen LogP contribution in [0.4, 0.5) is 22.0 Å². The van der Waals surface area contributed by atoms with Gasteiger partial charge in [-0.2, -0.15) is 0 Å². The Morgan fingerprint density at radius 3 is 2.44 bits per heavy atom. The Morgan fingerprint density at radius 1 is 1.02 bits per heavy atom. The van der Waals surface area contributed by atoms with Crippen molar-refractivity contribution in [2.24, 2.45) is 0 Å². The number of pyridine rings is 2. The van der Waals surface area contributed by atoms with Gasteiger partial charge in [0.1, 0.15) is 34.8 Å². The predicted molar refractivity (Wildman–Crippen MR) is 186 cm³/mol. The third-order valence-corrected chi connectivity index (χ3v) is 8.88. The van der Waals surface area contributed by atoms with Crippen LogP contribution in [0.2, 0.25) is 0 Å². The van der Waals surface area contributed by atoms with E-state index in [1.807, 2.05) is 37.3 Å². The number of methoxy groups -OCH3 is 3. The Bertz CT molecular complexity index is 1730. The lowest BCUT2D eigenvalue weighted by molar-refractivity contribution is -0.00875. The second kappa shape index (κ2) is 16.5. The number of fused-ring (bicyclic) bond motifs is 1. The number of aromatic amines is 1. The minimum Gasteiger partial charge on any atom is -0.497 e. The number of carbonyl (C=O) groups is 1. The molecule has 0 saturated heterocycles. The first-order valence-electron chi connectivity index (χ1n) is 16.5. The molecule has 0 unspecified atom stereocenters. The first-order chi connectivity index (χ1) is 23.3. The third kappa shape index (κ3) is 8.45. The number of imidazole rings is 1. The van der Waals surface area contributed by atoms with Crippen LogP contribution < -0.4 is 30.6 Å². The van der Waals surface area contributed by atoms with E-state index in [2.05, 4.69) is 25.6 Å². The van der Waals surface area contributed by atoms with E-state index in [1.54, 1.807) is 32.5 Å². The third-order valence-electron chi connectivity index (χ3n) is 8.88. The molecule has 3 heterocycles. The van der Waals surface area contributed by atoms with Crippen LogP contribution >= 0.6 is 0 Å². The summed E-state index contributed by atoms with van der Waals surface area (Å²) < 4.78 is 23.3. The summed E-state index contributed by atoms with van der Waals surface area (Å²) >= 11 is 0. The number of anilines is 3. The zero-order chi connectivity index (χ0) is 34.0. The van der Waals surface area contributed by atoms with Gasteiger partial charge in [-0.3, -0.25) is 4.79 Å². The van der Waals surface area contributed by atoms with E-state index < -0.39 is 0 Å². The number of H-pyrrole nitrogens is 1. The highest BCUT2D eigenvalue weighted by atomic mass is 16.5. The second-order valence-electron chi connectivity index (χ2n) is 12.1. The number of nitrogens with one attached hydrogen (secondary N) is 3. The molecule has 0 radical (unpaired) electrons. The number of benzene rings is 1. The van der Waals surface area contributed by atoms with Gasteiger partial charge in [0, 0.05) is 51.6 Å². The molecular weight excluding hydrogens is 614 g/mol. The average molecular weight is 662 g/mol. The van der Waals surface area contributed by atoms with Crippen LogP contribution in [-0.2, 0) is 22.6 Å². The van der Waals surface area contributed by atoms with Gasteiger partial charge in [-0.15, -0.1) is 0 Å². The van der Waals surface area contributed by atoms with Gasteiger partial charge in [0.05, 0.1) is 38.7 Å². The smallest absolute Gasteiger partial charge is 0.328 e. The largest absolute Gasteiger partial charge is 0.497 e. The standard InChI is InChI=1S/C28H33N7O5.C7H14O/c1-29-28(37)35-16-31-25-22(34(2)14-18-8-9-20(38-3)11-23(18)39-4)12-24(33-26(25)35)32-21-10-17(13-30-27(21)36)15-40-19-6-5-7-19;1-8-7-5-3-2-4-6-7/h8-13,16,19H,5-7,14-15H2,1-4H3,(H,29,37)(H,30,36)(H,32,33);7H,2-6H2,1H3. The van der Waals surface area contributed by atoms with E-state index in [-0.39, 0.29) is 17.7 Å². The number of hydrogen-bond acceptors (Lipinski definition) is 10. The van der Waals surface area contributed by atoms with Crippen LogP contribution in [0.25, 0.3) is 11.2 Å². The van der Waals surface area contributed by atoms with Gasteiger partial charge in [-0.1, -0.05) is 19.3 Å². The number of aromatic nitrogens is 4. The van der Waals surface area contributed by atoms with Crippen LogP contribution in [0.5, 0.6) is 11.5 Å². The number of hydrogen-bond donors (Lipinski definition) is 3. The molecule has 0 aliphatic heterocycles. The van der Waals surface area contributed by atoms with Crippen LogP contribution in [0.3, 0.4) is 0 Å². The minimum absolute atomic E-state index is 0.278. The van der Waals surface area contributed by atoms with Gasteiger partial charge in [-0.05, 0) is 55.9 Å². The topological polar surface area (TPSA) is 145 Å². The van der Waals surface area contributed by atoms with Crippen molar-refractivity contribution in [1.29, 1.82) is 0 Å². The fourth-order valence-electron chi connectivity index (χ4n) is 5.82. The number of carbonyl (C=O) groups excluding carboxylic acids is 1. The predicted octanol–water partition coefficient (Wildman–Crippen LogP) is 5.74. The Balaban J connectivity index is 0.000000494. The maximum Gasteiger partial charge on any atom is 0.328 e. The molecule has 3 aromatic heterocycles. The van der Waals surface area contributed by atoms with Crippen LogP contribution in [0, 0.1) is 0 Å². The highest BCUT2D eigenvalue weighted by molar-refractivity contribution is 5.94. The summed E-state index contributed by atoms with van der Waals surface area (Å²) in [7, 11) is 8.48. The van der Waals surface area contributed by atoms with Gasteiger partial charge >= 0.3 is 6.03 Å². The van der Waals surface area contributed by atoms with Crippen LogP contribution in [-0.4, -0.2) is 73.2 Å². The van der Waals surface area contributed by atoms with E-state index >= 15 is 0 Å². The summed E-state index contributed by atoms with van der Waals surface area (Å²) in [5.74, 6) is 1.75. The Hall–Kier alpha value is -4.62. The lowest BCUT2D eigenvalue weighted by Crippen LogP contribution is -2.24. The summed E-state index contributed by atoms with van der Waals surface area (Å²) in [6, 6.07) is 8.81. The van der Waals surface area contributed by atoms with Gasteiger partial charge in [0.15, 0.2) is 5.65 Å². The van der Waals surface area contributed by atoms with Crippen molar-refractivity contribution >= 4 is 34.4 Å². The molecular formula is C35H47N7O6. The van der Waals surface area contributed by atoms with Gasteiger partial charge in [0.2, 0.25) is 0 Å². The van der Waals surface area contributed by atoms with Crippen molar-refractivity contribution in [1.82, 2.24) is 24.8 Å². The van der Waals surface area contributed by atoms with Crippen molar-refractivity contribution < 1.29 is 23.7 Å². The van der Waals surface area contributed by atoms with E-state index in [0.29, 0.717) is 59.1 Å². The molecule has 3 N–H and O–H groups in total. The minimum atomic E-state index is -0.384. The van der Waals surface area contributed by atoms with Gasteiger partial charge in [0.25, 0.3) is 5.56 Å². The van der Waals surface area contributed by atoms with E-state index in [4.69, 9.17) is 18.9 Å². The summed E-state index contributed by atoms with van der Waals surface area (Å²) in [5.41, 5.74) is 3.36. The Morgan fingerprint density at radius 2 is 1.79 bits per heavy atom. The van der Waals surface area contributed by atoms with Gasteiger partial charge in [-0.25, -0.2) is 19.3 Å². The van der Waals surface area contributed by atoms with Crippen molar-refractivity contribution in [3.05, 3.63) is 64.3 Å². The maximum atomic E-state index is 12.7. The molecule has 0 atom stereocenters. The van der Waals surface area contributed by atoms with E-state index in [9.17, 15) is 9.59 Å². The molecule has 2 saturated carbocycles. The molecule has 2 fully saturated rings. The highest BCUT2D eigenvalue weighted by Crippen LogP contribution is 2.32. The molecule has 2 aliphatic rings. The first kappa shape index (κ1) is 34.7. The lowest BCUT2D eigenvalue weighted by Gasteiger charge is -2.25. The molecule has 1 aromatic carbocycles. The van der Waals surface area contributed by atoms with E-state index in [0.717, 1.165) is 24.0 Å². The zero-order valence-corrected chi connectivity index (χ0v) is 28.5. The molecule has 6 rings (SSSR count). The molecule has 0 spiro atoms. The monoisotopic (exact) mass is 661 g/mol. The number of nitrogens with zero attached hydrogens (tertiary/aromatic N) is 4.